The summed E-state index contributed by atoms with van der Waals surface area (Å²) in [7, 11) is 2.11. The van der Waals surface area contributed by atoms with Gasteiger partial charge in [0.1, 0.15) is 0 Å². The molecule has 0 spiro atoms. The zero-order valence-electron chi connectivity index (χ0n) is 12.0. The molecule has 0 aromatic heterocycles. The molecule has 2 atom stereocenters. The van der Waals surface area contributed by atoms with Crippen molar-refractivity contribution in [2.24, 2.45) is 11.8 Å². The van der Waals surface area contributed by atoms with Gasteiger partial charge < -0.3 is 10.1 Å². The minimum Gasteiger partial charge on any atom is -0.381 e. The van der Waals surface area contributed by atoms with Crippen molar-refractivity contribution >= 4 is 0 Å². The van der Waals surface area contributed by atoms with E-state index in [9.17, 15) is 0 Å². The monoisotopic (exact) mass is 241 g/mol. The zero-order valence-corrected chi connectivity index (χ0v) is 12.0. The molecule has 0 amide bonds. The van der Waals surface area contributed by atoms with Gasteiger partial charge in [-0.1, -0.05) is 33.1 Å². The van der Waals surface area contributed by atoms with Crippen LogP contribution in [0.4, 0.5) is 0 Å². The standard InChI is InChI=1S/C15H31NO/c1-13(2)9-11-17-12-10-14-7-5-4-6-8-15(14)16-3/h13-16H,4-12H2,1-3H3. The van der Waals surface area contributed by atoms with Gasteiger partial charge in [0.05, 0.1) is 0 Å². The molecule has 2 heteroatoms. The molecule has 17 heavy (non-hydrogen) atoms. The fraction of sp³-hybridized carbons (Fsp3) is 1.00. The number of hydrogen-bond donors (Lipinski definition) is 1. The van der Waals surface area contributed by atoms with E-state index >= 15 is 0 Å². The van der Waals surface area contributed by atoms with E-state index in [4.69, 9.17) is 4.74 Å². The highest BCUT2D eigenvalue weighted by atomic mass is 16.5. The van der Waals surface area contributed by atoms with Crippen molar-refractivity contribution in [3.05, 3.63) is 0 Å². The van der Waals surface area contributed by atoms with Gasteiger partial charge in [0.2, 0.25) is 0 Å². The van der Waals surface area contributed by atoms with E-state index in [0.717, 1.165) is 31.1 Å². The molecule has 0 aromatic carbocycles. The molecule has 0 radical (unpaired) electrons. The molecule has 0 saturated heterocycles. The van der Waals surface area contributed by atoms with Gasteiger partial charge in [-0.3, -0.25) is 0 Å². The Morgan fingerprint density at radius 2 is 1.88 bits per heavy atom. The number of rotatable bonds is 7. The summed E-state index contributed by atoms with van der Waals surface area (Å²) in [5, 5.41) is 3.50. The summed E-state index contributed by atoms with van der Waals surface area (Å²) in [6.45, 7) is 6.40. The maximum atomic E-state index is 5.75. The molecule has 1 aliphatic rings. The molecule has 1 saturated carbocycles. The molecule has 1 N–H and O–H groups in total. The van der Waals surface area contributed by atoms with Crippen molar-refractivity contribution in [3.8, 4) is 0 Å². The van der Waals surface area contributed by atoms with Gasteiger partial charge in [-0.15, -0.1) is 0 Å². The molecule has 0 aromatic rings. The lowest BCUT2D eigenvalue weighted by molar-refractivity contribution is 0.104. The van der Waals surface area contributed by atoms with Crippen molar-refractivity contribution in [1.29, 1.82) is 0 Å². The summed E-state index contributed by atoms with van der Waals surface area (Å²) in [5.41, 5.74) is 0. The summed E-state index contributed by atoms with van der Waals surface area (Å²) in [5.74, 6) is 1.60. The highest BCUT2D eigenvalue weighted by Gasteiger charge is 2.21. The predicted molar refractivity (Wildman–Crippen MR) is 74.3 cm³/mol. The van der Waals surface area contributed by atoms with E-state index < -0.39 is 0 Å². The minimum absolute atomic E-state index is 0.728. The van der Waals surface area contributed by atoms with Crippen LogP contribution in [0.2, 0.25) is 0 Å². The molecule has 0 aliphatic heterocycles. The molecule has 0 heterocycles. The summed E-state index contributed by atoms with van der Waals surface area (Å²) >= 11 is 0. The van der Waals surface area contributed by atoms with Crippen LogP contribution in [0.25, 0.3) is 0 Å². The largest absolute Gasteiger partial charge is 0.381 e. The second-order valence-electron chi connectivity index (χ2n) is 5.88. The lowest BCUT2D eigenvalue weighted by atomic mass is 9.92. The van der Waals surface area contributed by atoms with Gasteiger partial charge in [-0.2, -0.15) is 0 Å². The third kappa shape index (κ3) is 6.42. The van der Waals surface area contributed by atoms with Crippen LogP contribution < -0.4 is 5.32 Å². The lowest BCUT2D eigenvalue weighted by Gasteiger charge is -2.24. The first-order valence-electron chi connectivity index (χ1n) is 7.49. The average molecular weight is 241 g/mol. The van der Waals surface area contributed by atoms with Gasteiger partial charge in [-0.05, 0) is 44.6 Å². The first kappa shape index (κ1) is 15.0. The Hall–Kier alpha value is -0.0800. The highest BCUT2D eigenvalue weighted by Crippen LogP contribution is 2.25. The normalized spacial score (nSPS) is 26.1. The zero-order chi connectivity index (χ0) is 12.5. The Kier molecular flexibility index (Phi) is 7.87. The van der Waals surface area contributed by atoms with Crippen molar-refractivity contribution in [1.82, 2.24) is 5.32 Å². The second-order valence-corrected chi connectivity index (χ2v) is 5.88. The lowest BCUT2D eigenvalue weighted by Crippen LogP contribution is -2.33. The van der Waals surface area contributed by atoms with Crippen LogP contribution in [-0.4, -0.2) is 26.3 Å². The topological polar surface area (TPSA) is 21.3 Å². The van der Waals surface area contributed by atoms with E-state index in [1.807, 2.05) is 0 Å². The van der Waals surface area contributed by atoms with Gasteiger partial charge in [0.15, 0.2) is 0 Å². The molecule has 0 bridgehead atoms. The molecule has 1 fully saturated rings. The summed E-state index contributed by atoms with van der Waals surface area (Å²) < 4.78 is 5.75. The second kappa shape index (κ2) is 8.93. The number of hydrogen-bond acceptors (Lipinski definition) is 2. The van der Waals surface area contributed by atoms with Gasteiger partial charge in [0, 0.05) is 19.3 Å². The molecule has 1 rings (SSSR count). The van der Waals surface area contributed by atoms with Crippen molar-refractivity contribution in [2.45, 2.75) is 64.8 Å². The molecular formula is C15H31NO. The Bertz CT molecular complexity index is 182. The smallest absolute Gasteiger partial charge is 0.0469 e. The van der Waals surface area contributed by atoms with E-state index in [1.165, 1.54) is 44.9 Å². The predicted octanol–water partition coefficient (Wildman–Crippen LogP) is 3.61. The van der Waals surface area contributed by atoms with Crippen molar-refractivity contribution in [2.75, 3.05) is 20.3 Å². The minimum atomic E-state index is 0.728. The van der Waals surface area contributed by atoms with Gasteiger partial charge >= 0.3 is 0 Å². The van der Waals surface area contributed by atoms with Gasteiger partial charge in [0.25, 0.3) is 0 Å². The van der Waals surface area contributed by atoms with E-state index in [1.54, 1.807) is 0 Å². The Labute approximate surface area is 108 Å². The van der Waals surface area contributed by atoms with E-state index in [0.29, 0.717) is 0 Å². The molecule has 1 aliphatic carbocycles. The Morgan fingerprint density at radius 1 is 1.12 bits per heavy atom. The van der Waals surface area contributed by atoms with Gasteiger partial charge in [-0.25, -0.2) is 0 Å². The molecular weight excluding hydrogens is 210 g/mol. The first-order valence-corrected chi connectivity index (χ1v) is 7.49. The van der Waals surface area contributed by atoms with Crippen LogP contribution in [0.3, 0.4) is 0 Å². The first-order chi connectivity index (χ1) is 8.24. The fourth-order valence-corrected chi connectivity index (χ4v) is 2.77. The van der Waals surface area contributed by atoms with E-state index in [2.05, 4.69) is 26.2 Å². The maximum Gasteiger partial charge on any atom is 0.0469 e. The third-order valence-electron chi connectivity index (χ3n) is 4.00. The number of nitrogens with one attached hydrogen (secondary N) is 1. The number of ether oxygens (including phenoxy) is 1. The highest BCUT2D eigenvalue weighted by molar-refractivity contribution is 4.78. The van der Waals surface area contributed by atoms with Crippen LogP contribution >= 0.6 is 0 Å². The molecule has 102 valence electrons. The summed E-state index contributed by atoms with van der Waals surface area (Å²) in [4.78, 5) is 0. The van der Waals surface area contributed by atoms with Crippen LogP contribution in [0.1, 0.15) is 58.8 Å². The van der Waals surface area contributed by atoms with Crippen LogP contribution in [0.15, 0.2) is 0 Å². The SMILES string of the molecule is CNC1CCCCCC1CCOCCC(C)C. The third-order valence-corrected chi connectivity index (χ3v) is 4.00. The van der Waals surface area contributed by atoms with Crippen molar-refractivity contribution in [3.63, 3.8) is 0 Å². The molecule has 2 nitrogen and oxygen atoms in total. The fourth-order valence-electron chi connectivity index (χ4n) is 2.77. The quantitative estimate of drug-likeness (QED) is 0.543. The Morgan fingerprint density at radius 3 is 2.59 bits per heavy atom. The van der Waals surface area contributed by atoms with Crippen molar-refractivity contribution < 1.29 is 4.74 Å². The summed E-state index contributed by atoms with van der Waals surface area (Å²) in [6.07, 6.45) is 9.41. The summed E-state index contributed by atoms with van der Waals surface area (Å²) in [6, 6.07) is 0.728. The Balaban J connectivity index is 2.14. The maximum absolute atomic E-state index is 5.75. The van der Waals surface area contributed by atoms with Crippen LogP contribution in [0, 0.1) is 11.8 Å². The average Bonchev–Trinajstić information content (AvgIpc) is 2.53. The van der Waals surface area contributed by atoms with E-state index in [-0.39, 0.29) is 0 Å². The van der Waals surface area contributed by atoms with Crippen LogP contribution in [0.5, 0.6) is 0 Å². The molecule has 2 unspecified atom stereocenters. The van der Waals surface area contributed by atoms with Crippen LogP contribution in [-0.2, 0) is 4.74 Å².